The molecule has 1 fully saturated rings. The van der Waals surface area contributed by atoms with Crippen LogP contribution in [0.3, 0.4) is 0 Å². The number of ether oxygens (including phenoxy) is 1. The largest absolute Gasteiger partial charge is 0.389 e. The Morgan fingerprint density at radius 1 is 1.56 bits per heavy atom. The smallest absolute Gasteiger partial charge is 0.245 e. The van der Waals surface area contributed by atoms with E-state index < -0.39 is 22.2 Å². The molecule has 0 unspecified atom stereocenters. The molecule has 9 heteroatoms. The van der Waals surface area contributed by atoms with Crippen LogP contribution < -0.4 is 4.72 Å². The van der Waals surface area contributed by atoms with Crippen molar-refractivity contribution in [1.29, 1.82) is 0 Å². The summed E-state index contributed by atoms with van der Waals surface area (Å²) in [6.07, 6.45) is -0.851. The van der Waals surface area contributed by atoms with E-state index in [2.05, 4.69) is 9.82 Å². The lowest BCUT2D eigenvalue weighted by Gasteiger charge is -2.14. The highest BCUT2D eigenvalue weighted by Crippen LogP contribution is 2.24. The van der Waals surface area contributed by atoms with Crippen LogP contribution in [0, 0.1) is 6.92 Å². The molecule has 0 radical (unpaired) electrons. The summed E-state index contributed by atoms with van der Waals surface area (Å²) in [5, 5.41) is 13.5. The van der Waals surface area contributed by atoms with Gasteiger partial charge in [-0.15, -0.1) is 0 Å². The fraction of sp³-hybridized carbons (Fsp3) is 0.667. The zero-order chi connectivity index (χ0) is 13.5. The number of hydrogen-bond acceptors (Lipinski definition) is 5. The minimum atomic E-state index is -3.82. The Balaban J connectivity index is 2.31. The first-order valence-electron chi connectivity index (χ1n) is 5.30. The summed E-state index contributed by atoms with van der Waals surface area (Å²) in [6, 6.07) is -0.661. The molecule has 0 spiro atoms. The van der Waals surface area contributed by atoms with Gasteiger partial charge in [0, 0.05) is 7.05 Å². The Labute approximate surface area is 110 Å². The van der Waals surface area contributed by atoms with Gasteiger partial charge in [0.25, 0.3) is 0 Å². The molecule has 0 aliphatic carbocycles. The van der Waals surface area contributed by atoms with Gasteiger partial charge in [-0.25, -0.2) is 13.1 Å². The van der Waals surface area contributed by atoms with Crippen molar-refractivity contribution in [3.63, 3.8) is 0 Å². The van der Waals surface area contributed by atoms with Crippen molar-refractivity contribution in [2.45, 2.75) is 24.0 Å². The quantitative estimate of drug-likeness (QED) is 0.778. The van der Waals surface area contributed by atoms with Crippen molar-refractivity contribution >= 4 is 21.6 Å². The third kappa shape index (κ3) is 2.39. The van der Waals surface area contributed by atoms with E-state index in [-0.39, 0.29) is 23.3 Å². The number of aliphatic hydroxyl groups excluding tert-OH is 1. The van der Waals surface area contributed by atoms with Crippen molar-refractivity contribution in [2.75, 3.05) is 13.2 Å². The molecule has 18 heavy (non-hydrogen) atoms. The third-order valence-corrected chi connectivity index (χ3v) is 4.91. The number of hydrogen-bond donors (Lipinski definition) is 2. The molecule has 7 nitrogen and oxygen atoms in total. The number of aryl methyl sites for hydroxylation is 2. The molecule has 2 heterocycles. The van der Waals surface area contributed by atoms with Crippen molar-refractivity contribution in [3.05, 3.63) is 10.8 Å². The average molecular weight is 296 g/mol. The molecule has 2 atom stereocenters. The summed E-state index contributed by atoms with van der Waals surface area (Å²) in [5.41, 5.74) is 0.309. The van der Waals surface area contributed by atoms with Gasteiger partial charge >= 0.3 is 0 Å². The monoisotopic (exact) mass is 295 g/mol. The maximum Gasteiger partial charge on any atom is 0.245 e. The molecule has 1 aliphatic rings. The molecule has 2 N–H and O–H groups in total. The van der Waals surface area contributed by atoms with Gasteiger partial charge in [-0.3, -0.25) is 4.68 Å². The molecule has 0 aromatic carbocycles. The maximum absolute atomic E-state index is 12.2. The minimum Gasteiger partial charge on any atom is -0.389 e. The lowest BCUT2D eigenvalue weighted by Crippen LogP contribution is -2.42. The SMILES string of the molecule is Cc1nn(C)c(Cl)c1S(=O)(=O)N[C@H]1COC[C@@H]1O. The van der Waals surface area contributed by atoms with Crippen LogP contribution in [-0.4, -0.2) is 48.7 Å². The molecule has 1 aromatic rings. The third-order valence-electron chi connectivity index (χ3n) is 2.73. The lowest BCUT2D eigenvalue weighted by molar-refractivity contribution is 0.124. The van der Waals surface area contributed by atoms with Crippen LogP contribution in [0.4, 0.5) is 0 Å². The first-order chi connectivity index (χ1) is 8.33. The van der Waals surface area contributed by atoms with Crippen LogP contribution in [0.25, 0.3) is 0 Å². The van der Waals surface area contributed by atoms with Gasteiger partial charge in [-0.2, -0.15) is 5.10 Å². The van der Waals surface area contributed by atoms with E-state index in [9.17, 15) is 13.5 Å². The van der Waals surface area contributed by atoms with E-state index in [1.54, 1.807) is 14.0 Å². The van der Waals surface area contributed by atoms with Gasteiger partial charge in [-0.1, -0.05) is 11.6 Å². The molecule has 1 aliphatic heterocycles. The summed E-state index contributed by atoms with van der Waals surface area (Å²) in [6.45, 7) is 1.81. The van der Waals surface area contributed by atoms with Crippen LogP contribution in [0.1, 0.15) is 5.69 Å². The minimum absolute atomic E-state index is 0.0356. The fourth-order valence-corrected chi connectivity index (χ4v) is 3.83. The molecule has 102 valence electrons. The summed E-state index contributed by atoms with van der Waals surface area (Å²) >= 11 is 5.91. The highest BCUT2D eigenvalue weighted by atomic mass is 35.5. The summed E-state index contributed by atoms with van der Waals surface area (Å²) in [4.78, 5) is -0.0641. The second-order valence-corrected chi connectivity index (χ2v) is 6.17. The zero-order valence-corrected chi connectivity index (χ0v) is 11.5. The topological polar surface area (TPSA) is 93.5 Å². The van der Waals surface area contributed by atoms with E-state index in [1.165, 1.54) is 4.68 Å². The molecule has 2 rings (SSSR count). The first kappa shape index (κ1) is 13.8. The Bertz CT molecular complexity index is 556. The van der Waals surface area contributed by atoms with E-state index in [1.807, 2.05) is 0 Å². The predicted octanol–water partition coefficient (Wildman–Crippen LogP) is -0.580. The van der Waals surface area contributed by atoms with E-state index in [0.29, 0.717) is 5.69 Å². The number of sulfonamides is 1. The van der Waals surface area contributed by atoms with Gasteiger partial charge in [0.05, 0.1) is 31.1 Å². The second kappa shape index (κ2) is 4.78. The lowest BCUT2D eigenvalue weighted by atomic mass is 10.2. The van der Waals surface area contributed by atoms with Crippen LogP contribution in [0.2, 0.25) is 5.15 Å². The molecular formula is C9H14ClN3O4S. The van der Waals surface area contributed by atoms with Crippen LogP contribution >= 0.6 is 11.6 Å². The average Bonchev–Trinajstić information content (AvgIpc) is 2.73. The van der Waals surface area contributed by atoms with E-state index in [4.69, 9.17) is 16.3 Å². The van der Waals surface area contributed by atoms with E-state index in [0.717, 1.165) is 0 Å². The van der Waals surface area contributed by atoms with Crippen molar-refractivity contribution < 1.29 is 18.3 Å². The van der Waals surface area contributed by atoms with E-state index >= 15 is 0 Å². The fourth-order valence-electron chi connectivity index (χ4n) is 1.83. The number of aromatic nitrogens is 2. The number of halogens is 1. The molecule has 1 saturated heterocycles. The Kier molecular flexibility index (Phi) is 3.65. The number of nitrogens with zero attached hydrogens (tertiary/aromatic N) is 2. The van der Waals surface area contributed by atoms with Gasteiger partial charge in [0.2, 0.25) is 10.0 Å². The number of nitrogens with one attached hydrogen (secondary N) is 1. The van der Waals surface area contributed by atoms with Crippen molar-refractivity contribution in [3.8, 4) is 0 Å². The molecular weight excluding hydrogens is 282 g/mol. The number of rotatable bonds is 3. The molecule has 0 bridgehead atoms. The van der Waals surface area contributed by atoms with Crippen LogP contribution in [0.5, 0.6) is 0 Å². The van der Waals surface area contributed by atoms with Gasteiger partial charge < -0.3 is 9.84 Å². The van der Waals surface area contributed by atoms with Crippen molar-refractivity contribution in [2.24, 2.45) is 7.05 Å². The van der Waals surface area contributed by atoms with Crippen molar-refractivity contribution in [1.82, 2.24) is 14.5 Å². The second-order valence-electron chi connectivity index (χ2n) is 4.16. The molecule has 0 amide bonds. The summed E-state index contributed by atoms with van der Waals surface area (Å²) in [7, 11) is -2.26. The standard InChI is InChI=1S/C9H14ClN3O4S/c1-5-8(9(10)13(2)11-5)18(15,16)12-6-3-17-4-7(6)14/h6-7,12,14H,3-4H2,1-2H3/t6-,7-/m0/s1. The predicted molar refractivity (Wildman–Crippen MR) is 63.9 cm³/mol. The van der Waals surface area contributed by atoms with Gasteiger partial charge in [-0.05, 0) is 6.92 Å². The highest BCUT2D eigenvalue weighted by molar-refractivity contribution is 7.89. The Morgan fingerprint density at radius 2 is 2.22 bits per heavy atom. The number of aliphatic hydroxyl groups is 1. The summed E-state index contributed by atoms with van der Waals surface area (Å²) < 4.78 is 33.0. The highest BCUT2D eigenvalue weighted by Gasteiger charge is 2.33. The van der Waals surface area contributed by atoms with Crippen LogP contribution in [-0.2, 0) is 21.8 Å². The maximum atomic E-state index is 12.2. The Hall–Kier alpha value is -0.670. The first-order valence-corrected chi connectivity index (χ1v) is 7.16. The van der Waals surface area contributed by atoms with Gasteiger partial charge in [0.1, 0.15) is 10.0 Å². The normalized spacial score (nSPS) is 24.7. The van der Waals surface area contributed by atoms with Crippen LogP contribution in [0.15, 0.2) is 4.90 Å². The molecule has 0 saturated carbocycles. The Morgan fingerprint density at radius 3 is 2.67 bits per heavy atom. The summed E-state index contributed by atoms with van der Waals surface area (Å²) in [5.74, 6) is 0. The van der Waals surface area contributed by atoms with Gasteiger partial charge in [0.15, 0.2) is 0 Å². The molecule has 1 aromatic heterocycles. The zero-order valence-electron chi connectivity index (χ0n) is 9.92.